The monoisotopic (exact) mass is 366 g/mol. The van der Waals surface area contributed by atoms with Gasteiger partial charge in [-0.3, -0.25) is 5.10 Å². The number of hydrogen-bond acceptors (Lipinski definition) is 3. The third-order valence-corrected chi connectivity index (χ3v) is 4.48. The highest BCUT2D eigenvalue weighted by Crippen LogP contribution is 2.46. The van der Waals surface area contributed by atoms with E-state index >= 15 is 0 Å². The third kappa shape index (κ3) is 3.62. The zero-order valence-corrected chi connectivity index (χ0v) is 14.8. The first-order chi connectivity index (χ1) is 13.2. The lowest BCUT2D eigenvalue weighted by atomic mass is 10.1. The molecule has 138 valence electrons. The number of amides is 2. The lowest BCUT2D eigenvalue weighted by Crippen LogP contribution is -2.20. The van der Waals surface area contributed by atoms with Crippen LogP contribution in [-0.2, 0) is 0 Å². The highest BCUT2D eigenvalue weighted by atomic mass is 19.1. The van der Waals surface area contributed by atoms with Crippen molar-refractivity contribution in [3.63, 3.8) is 0 Å². The zero-order chi connectivity index (χ0) is 18.8. The number of aromatic amines is 1. The van der Waals surface area contributed by atoms with Crippen molar-refractivity contribution in [2.75, 3.05) is 17.7 Å². The van der Waals surface area contributed by atoms with E-state index in [1.807, 2.05) is 24.3 Å². The molecule has 1 aliphatic rings. The highest BCUT2D eigenvalue weighted by Gasteiger charge is 2.31. The van der Waals surface area contributed by atoms with E-state index in [0.29, 0.717) is 28.7 Å². The van der Waals surface area contributed by atoms with E-state index in [1.165, 1.54) is 24.3 Å². The van der Waals surface area contributed by atoms with Gasteiger partial charge in [0.05, 0.1) is 18.5 Å². The number of aromatic nitrogens is 2. The normalized spacial score (nSPS) is 13.3. The minimum atomic E-state index is -0.416. The van der Waals surface area contributed by atoms with Crippen LogP contribution in [0.5, 0.6) is 5.75 Å². The molecule has 1 aromatic heterocycles. The summed E-state index contributed by atoms with van der Waals surface area (Å²) in [6.45, 7) is 0. The first-order valence-electron chi connectivity index (χ1n) is 8.71. The van der Waals surface area contributed by atoms with Crippen molar-refractivity contribution in [3.8, 4) is 17.0 Å². The maximum atomic E-state index is 13.0. The Balaban J connectivity index is 1.63. The first-order valence-corrected chi connectivity index (χ1v) is 8.71. The summed E-state index contributed by atoms with van der Waals surface area (Å²) in [6, 6.07) is 12.7. The molecule has 4 rings (SSSR count). The van der Waals surface area contributed by atoms with Crippen molar-refractivity contribution in [1.82, 2.24) is 10.2 Å². The molecule has 0 radical (unpaired) electrons. The Morgan fingerprint density at radius 3 is 2.59 bits per heavy atom. The van der Waals surface area contributed by atoms with Crippen molar-refractivity contribution in [2.45, 2.75) is 18.8 Å². The molecule has 2 amide bonds. The summed E-state index contributed by atoms with van der Waals surface area (Å²) in [6.07, 6.45) is 2.11. The lowest BCUT2D eigenvalue weighted by molar-refractivity contribution is 0.262. The summed E-state index contributed by atoms with van der Waals surface area (Å²) >= 11 is 0. The van der Waals surface area contributed by atoms with E-state index in [0.717, 1.165) is 24.1 Å². The van der Waals surface area contributed by atoms with Gasteiger partial charge in [0.2, 0.25) is 0 Å². The number of benzene rings is 2. The molecule has 3 N–H and O–H groups in total. The number of halogens is 1. The molecule has 0 bridgehead atoms. The van der Waals surface area contributed by atoms with Crippen LogP contribution in [0.25, 0.3) is 11.3 Å². The van der Waals surface area contributed by atoms with Gasteiger partial charge in [-0.15, -0.1) is 0 Å². The SMILES string of the molecule is COc1ccccc1-c1n[nH]c(C2CC2)c1NC(=O)Nc1ccc(F)cc1. The van der Waals surface area contributed by atoms with Gasteiger partial charge in [-0.2, -0.15) is 5.10 Å². The zero-order valence-electron chi connectivity index (χ0n) is 14.8. The second kappa shape index (κ2) is 7.11. The van der Waals surface area contributed by atoms with Crippen LogP contribution in [0.1, 0.15) is 24.5 Å². The van der Waals surface area contributed by atoms with E-state index in [9.17, 15) is 9.18 Å². The second-order valence-corrected chi connectivity index (χ2v) is 6.42. The average Bonchev–Trinajstić information content (AvgIpc) is 3.44. The number of carbonyl (C=O) groups is 1. The van der Waals surface area contributed by atoms with Gasteiger partial charge < -0.3 is 15.4 Å². The van der Waals surface area contributed by atoms with E-state index in [-0.39, 0.29) is 5.82 Å². The van der Waals surface area contributed by atoms with Crippen molar-refractivity contribution in [3.05, 3.63) is 60.0 Å². The standard InChI is InChI=1S/C20H19FN4O2/c1-27-16-5-3-2-4-15(16)18-19(17(24-25-18)12-6-7-12)23-20(26)22-14-10-8-13(21)9-11-14/h2-5,8-12H,6-7H2,1H3,(H,24,25)(H2,22,23,26). The van der Waals surface area contributed by atoms with Crippen molar-refractivity contribution in [2.24, 2.45) is 0 Å². The van der Waals surface area contributed by atoms with Gasteiger partial charge in [0.25, 0.3) is 0 Å². The second-order valence-electron chi connectivity index (χ2n) is 6.42. The summed E-state index contributed by atoms with van der Waals surface area (Å²) in [4.78, 5) is 12.5. The van der Waals surface area contributed by atoms with Gasteiger partial charge in [0.15, 0.2) is 0 Å². The Morgan fingerprint density at radius 2 is 1.89 bits per heavy atom. The molecule has 7 heteroatoms. The van der Waals surface area contributed by atoms with E-state index in [1.54, 1.807) is 7.11 Å². The summed E-state index contributed by atoms with van der Waals surface area (Å²) in [5.74, 6) is 0.681. The number of nitrogens with zero attached hydrogens (tertiary/aromatic N) is 1. The third-order valence-electron chi connectivity index (χ3n) is 4.48. The van der Waals surface area contributed by atoms with Crippen LogP contribution in [0.3, 0.4) is 0 Å². The van der Waals surface area contributed by atoms with Crippen LogP contribution >= 0.6 is 0 Å². The lowest BCUT2D eigenvalue weighted by Gasteiger charge is -2.11. The van der Waals surface area contributed by atoms with Gasteiger partial charge in [0.1, 0.15) is 17.3 Å². The van der Waals surface area contributed by atoms with Crippen LogP contribution in [0.15, 0.2) is 48.5 Å². The van der Waals surface area contributed by atoms with Crippen LogP contribution in [0, 0.1) is 5.82 Å². The number of ether oxygens (including phenoxy) is 1. The molecule has 27 heavy (non-hydrogen) atoms. The maximum absolute atomic E-state index is 13.0. The van der Waals surface area contributed by atoms with Crippen LogP contribution < -0.4 is 15.4 Å². The van der Waals surface area contributed by atoms with E-state index in [2.05, 4.69) is 20.8 Å². The molecule has 1 aliphatic carbocycles. The van der Waals surface area contributed by atoms with Gasteiger partial charge in [-0.05, 0) is 49.2 Å². The number of carbonyl (C=O) groups excluding carboxylic acids is 1. The van der Waals surface area contributed by atoms with Crippen LogP contribution in [0.4, 0.5) is 20.6 Å². The Labute approximate surface area is 155 Å². The van der Waals surface area contributed by atoms with Crippen molar-refractivity contribution in [1.29, 1.82) is 0 Å². The fraction of sp³-hybridized carbons (Fsp3) is 0.200. The van der Waals surface area contributed by atoms with Crippen LogP contribution in [0.2, 0.25) is 0 Å². The summed E-state index contributed by atoms with van der Waals surface area (Å²) in [7, 11) is 1.60. The van der Waals surface area contributed by atoms with Crippen molar-refractivity contribution < 1.29 is 13.9 Å². The number of H-pyrrole nitrogens is 1. The Kier molecular flexibility index (Phi) is 4.50. The first kappa shape index (κ1) is 17.1. The predicted octanol–water partition coefficient (Wildman–Crippen LogP) is 4.75. The molecule has 0 atom stereocenters. The predicted molar refractivity (Wildman–Crippen MR) is 102 cm³/mol. The Morgan fingerprint density at radius 1 is 1.15 bits per heavy atom. The number of urea groups is 1. The molecule has 0 saturated heterocycles. The molecule has 1 fully saturated rings. The average molecular weight is 366 g/mol. The number of methoxy groups -OCH3 is 1. The number of anilines is 2. The smallest absolute Gasteiger partial charge is 0.323 e. The summed E-state index contributed by atoms with van der Waals surface area (Å²) in [5, 5.41) is 13.1. The van der Waals surface area contributed by atoms with Gasteiger partial charge >= 0.3 is 6.03 Å². The van der Waals surface area contributed by atoms with Crippen molar-refractivity contribution >= 4 is 17.4 Å². The molecule has 0 unspecified atom stereocenters. The molecule has 0 aliphatic heterocycles. The maximum Gasteiger partial charge on any atom is 0.323 e. The van der Waals surface area contributed by atoms with Gasteiger partial charge in [-0.25, -0.2) is 9.18 Å². The topological polar surface area (TPSA) is 79.0 Å². The number of hydrogen-bond donors (Lipinski definition) is 3. The fourth-order valence-electron chi connectivity index (χ4n) is 2.99. The van der Waals surface area contributed by atoms with Gasteiger partial charge in [-0.1, -0.05) is 12.1 Å². The number of rotatable bonds is 5. The molecule has 0 spiro atoms. The minimum absolute atomic E-state index is 0.356. The minimum Gasteiger partial charge on any atom is -0.496 e. The molecule has 1 heterocycles. The summed E-state index contributed by atoms with van der Waals surface area (Å²) in [5.41, 5.74) is 3.47. The number of para-hydroxylation sites is 1. The highest BCUT2D eigenvalue weighted by molar-refractivity contribution is 6.02. The van der Waals surface area contributed by atoms with Gasteiger partial charge in [0, 0.05) is 17.2 Å². The fourth-order valence-corrected chi connectivity index (χ4v) is 2.99. The molecule has 2 aromatic carbocycles. The largest absolute Gasteiger partial charge is 0.496 e. The van der Waals surface area contributed by atoms with E-state index in [4.69, 9.17) is 4.74 Å². The molecular formula is C20H19FN4O2. The molecule has 1 saturated carbocycles. The van der Waals surface area contributed by atoms with E-state index < -0.39 is 6.03 Å². The Hall–Kier alpha value is -3.35. The molecular weight excluding hydrogens is 347 g/mol. The summed E-state index contributed by atoms with van der Waals surface area (Å²) < 4.78 is 18.5. The Bertz CT molecular complexity index is 964. The van der Waals surface area contributed by atoms with Crippen LogP contribution in [-0.4, -0.2) is 23.3 Å². The quantitative estimate of drug-likeness (QED) is 0.610. The number of nitrogens with one attached hydrogen (secondary N) is 3. The molecule has 6 nitrogen and oxygen atoms in total. The molecule has 3 aromatic rings.